The van der Waals surface area contributed by atoms with Crippen LogP contribution in [0, 0.1) is 5.82 Å². The number of amides is 3. The molecule has 1 aromatic heterocycles. The summed E-state index contributed by atoms with van der Waals surface area (Å²) in [4.78, 5) is 40.9. The number of piperazine rings is 1. The predicted molar refractivity (Wildman–Crippen MR) is 131 cm³/mol. The summed E-state index contributed by atoms with van der Waals surface area (Å²) in [7, 11) is 0. The van der Waals surface area contributed by atoms with E-state index in [1.165, 1.54) is 11.0 Å². The van der Waals surface area contributed by atoms with Gasteiger partial charge in [0, 0.05) is 31.6 Å². The summed E-state index contributed by atoms with van der Waals surface area (Å²) in [6, 6.07) is 13.8. The first kappa shape index (κ1) is 23.0. The molecule has 1 N–H and O–H groups in total. The summed E-state index contributed by atoms with van der Waals surface area (Å²) in [6.45, 7) is 2.08. The van der Waals surface area contributed by atoms with Gasteiger partial charge in [-0.2, -0.15) is 0 Å². The van der Waals surface area contributed by atoms with Gasteiger partial charge in [0.05, 0.1) is 24.5 Å². The number of cyclic esters (lactones) is 1. The molecule has 182 valence electrons. The second-order valence-corrected chi connectivity index (χ2v) is 8.77. The molecule has 1 unspecified atom stereocenters. The van der Waals surface area contributed by atoms with Crippen molar-refractivity contribution in [3.63, 3.8) is 0 Å². The molecule has 0 saturated carbocycles. The summed E-state index contributed by atoms with van der Waals surface area (Å²) >= 11 is 3.62. The van der Waals surface area contributed by atoms with Gasteiger partial charge in [0.2, 0.25) is 0 Å². The number of fused-ring (bicyclic) bond motifs is 1. The van der Waals surface area contributed by atoms with Gasteiger partial charge in [-0.25, -0.2) is 9.18 Å². The van der Waals surface area contributed by atoms with E-state index in [1.54, 1.807) is 23.1 Å². The molecule has 3 aromatic rings. The topological polar surface area (TPSA) is 95.3 Å². The first-order valence-electron chi connectivity index (χ1n) is 11.2. The smallest absolute Gasteiger partial charge is 0.414 e. The molecule has 11 heteroatoms. The van der Waals surface area contributed by atoms with Gasteiger partial charge >= 0.3 is 6.09 Å². The molecule has 1 atom stereocenters. The Morgan fingerprint density at radius 2 is 1.86 bits per heavy atom. The minimum Gasteiger partial charge on any atom is -0.451 e. The van der Waals surface area contributed by atoms with Crippen molar-refractivity contribution in [2.75, 3.05) is 49.1 Å². The van der Waals surface area contributed by atoms with Crippen molar-refractivity contribution in [1.29, 1.82) is 0 Å². The Labute approximate surface area is 205 Å². The van der Waals surface area contributed by atoms with Crippen molar-refractivity contribution in [2.45, 2.75) is 6.10 Å². The molecule has 0 aliphatic carbocycles. The zero-order valence-corrected chi connectivity index (χ0v) is 19.5. The third kappa shape index (κ3) is 4.76. The van der Waals surface area contributed by atoms with E-state index >= 15 is 4.39 Å². The number of hydrogen-bond acceptors (Lipinski definition) is 6. The van der Waals surface area contributed by atoms with E-state index in [0.717, 1.165) is 5.39 Å². The Balaban J connectivity index is 1.21. The Hall–Kier alpha value is -3.73. The summed E-state index contributed by atoms with van der Waals surface area (Å²) in [5, 5.41) is 2.83. The monoisotopic (exact) mass is 498 g/mol. The van der Waals surface area contributed by atoms with Crippen LogP contribution in [0.4, 0.5) is 25.4 Å². The molecule has 0 radical (unpaired) electrons. The largest absolute Gasteiger partial charge is 0.451 e. The molecule has 5 rings (SSSR count). The number of halogens is 1. The van der Waals surface area contributed by atoms with Crippen molar-refractivity contribution in [2.24, 2.45) is 0 Å². The average molecular weight is 499 g/mol. The number of furan rings is 1. The van der Waals surface area contributed by atoms with Crippen LogP contribution in [0.3, 0.4) is 0 Å². The third-order valence-electron chi connectivity index (χ3n) is 6.14. The van der Waals surface area contributed by atoms with Gasteiger partial charge < -0.3 is 24.3 Å². The van der Waals surface area contributed by atoms with Crippen LogP contribution in [-0.2, 0) is 4.74 Å². The number of hydrogen-bond donors (Lipinski definition) is 2. The molecular formula is C24H23FN4O5S. The summed E-state index contributed by atoms with van der Waals surface area (Å²) in [6.07, 6.45) is -1.15. The van der Waals surface area contributed by atoms with Gasteiger partial charge in [-0.1, -0.05) is 30.8 Å². The quantitative estimate of drug-likeness (QED) is 0.523. The number of benzene rings is 2. The van der Waals surface area contributed by atoms with E-state index in [4.69, 9.17) is 9.15 Å². The number of carbonyl (C=O) groups is 3. The fourth-order valence-electron chi connectivity index (χ4n) is 4.35. The number of nitrogens with one attached hydrogen (secondary N) is 1. The zero-order chi connectivity index (χ0) is 24.5. The lowest BCUT2D eigenvalue weighted by molar-refractivity contribution is 0.0717. The maximum atomic E-state index is 15.0. The summed E-state index contributed by atoms with van der Waals surface area (Å²) in [5.41, 5.74) is 1.43. The molecule has 2 aliphatic heterocycles. The third-order valence-corrected chi connectivity index (χ3v) is 6.30. The van der Waals surface area contributed by atoms with Crippen LogP contribution >= 0.6 is 12.6 Å². The number of nitrogens with zero attached hydrogens (tertiary/aromatic N) is 3. The van der Waals surface area contributed by atoms with Gasteiger partial charge in [-0.3, -0.25) is 14.5 Å². The zero-order valence-electron chi connectivity index (χ0n) is 18.6. The minimum absolute atomic E-state index is 0.127. The standard InChI is InChI=1S/C24H23FN4O5S/c25-18-12-16(29-14-17(33-24(29)32)13-26-23(31)35)5-6-19(18)27-7-9-28(10-8-27)22(30)21-11-15-3-1-2-4-20(15)34-21/h1-6,11-12,17H,7-10,13-14H2,(H2,26,31,35). The maximum absolute atomic E-state index is 15.0. The highest BCUT2D eigenvalue weighted by atomic mass is 32.1. The number of carbonyl (C=O) groups excluding carboxylic acids is 3. The van der Waals surface area contributed by atoms with Crippen LogP contribution in [-0.4, -0.2) is 67.5 Å². The molecule has 3 heterocycles. The fourth-order valence-corrected chi connectivity index (χ4v) is 4.44. The lowest BCUT2D eigenvalue weighted by Crippen LogP contribution is -2.49. The van der Waals surface area contributed by atoms with Gasteiger partial charge in [-0.05, 0) is 30.3 Å². The molecule has 9 nitrogen and oxygen atoms in total. The molecule has 35 heavy (non-hydrogen) atoms. The number of ether oxygens (including phenoxy) is 1. The lowest BCUT2D eigenvalue weighted by atomic mass is 10.2. The molecule has 3 amide bonds. The van der Waals surface area contributed by atoms with Crippen molar-refractivity contribution < 1.29 is 27.9 Å². The second kappa shape index (κ2) is 9.49. The number of rotatable bonds is 5. The van der Waals surface area contributed by atoms with E-state index in [9.17, 15) is 14.4 Å². The van der Waals surface area contributed by atoms with E-state index < -0.39 is 23.3 Å². The summed E-state index contributed by atoms with van der Waals surface area (Å²) in [5.74, 6) is -0.368. The van der Waals surface area contributed by atoms with Crippen molar-refractivity contribution >= 4 is 52.2 Å². The van der Waals surface area contributed by atoms with E-state index in [0.29, 0.717) is 48.9 Å². The number of para-hydroxylation sites is 1. The first-order chi connectivity index (χ1) is 16.9. The molecule has 0 spiro atoms. The van der Waals surface area contributed by atoms with E-state index in [2.05, 4.69) is 17.9 Å². The predicted octanol–water partition coefficient (Wildman–Crippen LogP) is 3.50. The number of thiol groups is 1. The van der Waals surface area contributed by atoms with E-state index in [1.807, 2.05) is 29.2 Å². The van der Waals surface area contributed by atoms with Gasteiger partial charge in [0.1, 0.15) is 17.5 Å². The maximum Gasteiger partial charge on any atom is 0.414 e. The molecular weight excluding hydrogens is 475 g/mol. The number of anilines is 2. The average Bonchev–Trinajstić information content (AvgIpc) is 3.46. The second-order valence-electron chi connectivity index (χ2n) is 8.37. The van der Waals surface area contributed by atoms with Gasteiger partial charge in [0.25, 0.3) is 11.1 Å². The van der Waals surface area contributed by atoms with Crippen LogP contribution in [0.25, 0.3) is 11.0 Å². The lowest BCUT2D eigenvalue weighted by Gasteiger charge is -2.36. The van der Waals surface area contributed by atoms with Crippen molar-refractivity contribution in [1.82, 2.24) is 10.2 Å². The van der Waals surface area contributed by atoms with Crippen LogP contribution in [0.15, 0.2) is 52.9 Å². The van der Waals surface area contributed by atoms with Crippen LogP contribution in [0.5, 0.6) is 0 Å². The first-order valence-corrected chi connectivity index (χ1v) is 11.6. The molecule has 2 aliphatic rings. The normalized spacial score (nSPS) is 18.2. The molecule has 2 aromatic carbocycles. The molecule has 2 fully saturated rings. The Morgan fingerprint density at radius 1 is 1.09 bits per heavy atom. The van der Waals surface area contributed by atoms with Crippen molar-refractivity contribution in [3.8, 4) is 0 Å². The summed E-state index contributed by atoms with van der Waals surface area (Å²) < 4.78 is 25.9. The SMILES string of the molecule is O=C(S)NCC1CN(c2ccc(N3CCN(C(=O)c4cc5ccccc5o4)CC3)c(F)c2)C(=O)O1. The van der Waals surface area contributed by atoms with Crippen LogP contribution < -0.4 is 15.1 Å². The Morgan fingerprint density at radius 3 is 2.57 bits per heavy atom. The van der Waals surface area contributed by atoms with Crippen molar-refractivity contribution in [3.05, 3.63) is 60.1 Å². The van der Waals surface area contributed by atoms with Gasteiger partial charge in [0.15, 0.2) is 5.76 Å². The van der Waals surface area contributed by atoms with Gasteiger partial charge in [-0.15, -0.1) is 0 Å². The fraction of sp³-hybridized carbons (Fsp3) is 0.292. The highest BCUT2D eigenvalue weighted by molar-refractivity contribution is 7.96. The molecule has 0 bridgehead atoms. The van der Waals surface area contributed by atoms with Crippen LogP contribution in [0.1, 0.15) is 10.6 Å². The highest BCUT2D eigenvalue weighted by Crippen LogP contribution is 2.29. The minimum atomic E-state index is -0.603. The Kier molecular flexibility index (Phi) is 6.25. The molecule has 2 saturated heterocycles. The Bertz CT molecular complexity index is 1260. The highest BCUT2D eigenvalue weighted by Gasteiger charge is 2.33. The van der Waals surface area contributed by atoms with E-state index in [-0.39, 0.29) is 19.0 Å². The van der Waals surface area contributed by atoms with Crippen LogP contribution in [0.2, 0.25) is 0 Å².